The molecule has 5 nitrogen and oxygen atoms in total. The van der Waals surface area contributed by atoms with Crippen LogP contribution in [-0.4, -0.2) is 32.6 Å². The minimum absolute atomic E-state index is 0.200. The van der Waals surface area contributed by atoms with E-state index in [1.165, 1.54) is 17.0 Å². The van der Waals surface area contributed by atoms with Crippen LogP contribution in [0.15, 0.2) is 65.7 Å². The summed E-state index contributed by atoms with van der Waals surface area (Å²) in [4.78, 5) is 31.2. The largest absolute Gasteiger partial charge is 0.323 e. The van der Waals surface area contributed by atoms with E-state index < -0.39 is 0 Å². The van der Waals surface area contributed by atoms with Gasteiger partial charge in [0.1, 0.15) is 16.7 Å². The number of rotatable bonds is 4. The summed E-state index contributed by atoms with van der Waals surface area (Å²) < 4.78 is 13.4. The number of pyridine rings is 1. The average molecular weight is 423 g/mol. The molecular formula is C21H14FN3O2S2. The highest BCUT2D eigenvalue weighted by Gasteiger charge is 2.33. The summed E-state index contributed by atoms with van der Waals surface area (Å²) in [7, 11) is 0. The second-order valence-corrected chi connectivity index (χ2v) is 7.92. The molecule has 0 saturated carbocycles. The van der Waals surface area contributed by atoms with E-state index >= 15 is 0 Å². The molecule has 1 aliphatic heterocycles. The van der Waals surface area contributed by atoms with E-state index in [0.29, 0.717) is 26.0 Å². The standard InChI is InChI=1S/C21H14FN3O2S2/c22-15-8-6-13(7-9-15)11-17-20(27)25(21(28)29-17)12-18(26)24-16-5-1-3-14-4-2-10-23-19(14)16/h1-11H,12H2,(H,24,26). The Morgan fingerprint density at radius 2 is 1.93 bits per heavy atom. The number of carbonyl (C=O) groups excluding carboxylic acids is 2. The fourth-order valence-corrected chi connectivity index (χ4v) is 4.14. The van der Waals surface area contributed by atoms with Crippen LogP contribution in [0, 0.1) is 5.82 Å². The Balaban J connectivity index is 1.48. The molecule has 2 amide bonds. The number of hydrogen-bond acceptors (Lipinski definition) is 5. The Hall–Kier alpha value is -3.10. The molecule has 0 bridgehead atoms. The summed E-state index contributed by atoms with van der Waals surface area (Å²) in [5, 5.41) is 3.70. The van der Waals surface area contributed by atoms with E-state index in [1.807, 2.05) is 24.3 Å². The molecule has 0 atom stereocenters. The van der Waals surface area contributed by atoms with Crippen molar-refractivity contribution in [3.8, 4) is 0 Å². The van der Waals surface area contributed by atoms with Crippen molar-refractivity contribution in [3.05, 3.63) is 77.1 Å². The molecule has 8 heteroatoms. The number of para-hydroxylation sites is 1. The highest BCUT2D eigenvalue weighted by molar-refractivity contribution is 8.26. The molecule has 1 N–H and O–H groups in total. The zero-order valence-electron chi connectivity index (χ0n) is 15.0. The summed E-state index contributed by atoms with van der Waals surface area (Å²) in [6, 6.07) is 15.0. The minimum Gasteiger partial charge on any atom is -0.323 e. The number of nitrogens with zero attached hydrogens (tertiary/aromatic N) is 2. The molecule has 1 fully saturated rings. The van der Waals surface area contributed by atoms with Gasteiger partial charge in [-0.1, -0.05) is 54.3 Å². The van der Waals surface area contributed by atoms with E-state index in [4.69, 9.17) is 12.2 Å². The lowest BCUT2D eigenvalue weighted by atomic mass is 10.2. The molecule has 4 rings (SSSR count). The lowest BCUT2D eigenvalue weighted by Gasteiger charge is -2.14. The van der Waals surface area contributed by atoms with Gasteiger partial charge in [-0.25, -0.2) is 4.39 Å². The van der Waals surface area contributed by atoms with Crippen molar-refractivity contribution in [1.29, 1.82) is 0 Å². The number of hydrogen-bond donors (Lipinski definition) is 1. The van der Waals surface area contributed by atoms with Gasteiger partial charge in [0, 0.05) is 11.6 Å². The highest BCUT2D eigenvalue weighted by atomic mass is 32.2. The number of nitrogens with one attached hydrogen (secondary N) is 1. The van der Waals surface area contributed by atoms with Crippen molar-refractivity contribution in [2.75, 3.05) is 11.9 Å². The van der Waals surface area contributed by atoms with Crippen molar-refractivity contribution in [1.82, 2.24) is 9.88 Å². The molecule has 29 heavy (non-hydrogen) atoms. The second kappa shape index (κ2) is 8.10. The first-order valence-electron chi connectivity index (χ1n) is 8.66. The predicted molar refractivity (Wildman–Crippen MR) is 117 cm³/mol. The lowest BCUT2D eigenvalue weighted by Crippen LogP contribution is -2.36. The fraction of sp³-hybridized carbons (Fsp3) is 0.0476. The maximum Gasteiger partial charge on any atom is 0.266 e. The molecule has 0 unspecified atom stereocenters. The number of halogens is 1. The normalized spacial score (nSPS) is 15.3. The van der Waals surface area contributed by atoms with Crippen LogP contribution in [-0.2, 0) is 9.59 Å². The van der Waals surface area contributed by atoms with Gasteiger partial charge < -0.3 is 5.32 Å². The van der Waals surface area contributed by atoms with Crippen LogP contribution < -0.4 is 5.32 Å². The fourth-order valence-electron chi connectivity index (χ4n) is 2.89. The molecular weight excluding hydrogens is 409 g/mol. The van der Waals surface area contributed by atoms with Crippen molar-refractivity contribution < 1.29 is 14.0 Å². The Morgan fingerprint density at radius 1 is 1.17 bits per heavy atom. The number of aromatic nitrogens is 1. The molecule has 144 valence electrons. The molecule has 2 aromatic carbocycles. The van der Waals surface area contributed by atoms with Crippen LogP contribution >= 0.6 is 24.0 Å². The average Bonchev–Trinajstić information content (AvgIpc) is 2.97. The first-order chi connectivity index (χ1) is 14.0. The summed E-state index contributed by atoms with van der Waals surface area (Å²) >= 11 is 6.38. The van der Waals surface area contributed by atoms with Gasteiger partial charge in [0.25, 0.3) is 5.91 Å². The second-order valence-electron chi connectivity index (χ2n) is 6.25. The third kappa shape index (κ3) is 4.18. The van der Waals surface area contributed by atoms with Crippen LogP contribution in [0.3, 0.4) is 0 Å². The van der Waals surface area contributed by atoms with Crippen molar-refractivity contribution >= 4 is 62.8 Å². The number of fused-ring (bicyclic) bond motifs is 1. The molecule has 3 aromatic rings. The molecule has 1 aliphatic rings. The minimum atomic E-state index is -0.373. The number of carbonyl (C=O) groups is 2. The van der Waals surface area contributed by atoms with Gasteiger partial charge in [0.15, 0.2) is 0 Å². The molecule has 1 aromatic heterocycles. The lowest BCUT2D eigenvalue weighted by molar-refractivity contribution is -0.126. The Labute approximate surface area is 175 Å². The van der Waals surface area contributed by atoms with Crippen LogP contribution in [0.5, 0.6) is 0 Å². The SMILES string of the molecule is O=C(CN1C(=O)C(=Cc2ccc(F)cc2)SC1=S)Nc1cccc2cccnc12. The molecule has 0 radical (unpaired) electrons. The van der Waals surface area contributed by atoms with Gasteiger partial charge in [-0.15, -0.1) is 0 Å². The molecule has 0 spiro atoms. The van der Waals surface area contributed by atoms with Crippen LogP contribution in [0.1, 0.15) is 5.56 Å². The first-order valence-corrected chi connectivity index (χ1v) is 9.88. The molecule has 2 heterocycles. The predicted octanol–water partition coefficient (Wildman–Crippen LogP) is 4.21. The zero-order valence-corrected chi connectivity index (χ0v) is 16.6. The number of amides is 2. The van der Waals surface area contributed by atoms with Gasteiger partial charge >= 0.3 is 0 Å². The Kier molecular flexibility index (Phi) is 5.37. The Morgan fingerprint density at radius 3 is 2.72 bits per heavy atom. The van der Waals surface area contributed by atoms with Crippen molar-refractivity contribution in [3.63, 3.8) is 0 Å². The van der Waals surface area contributed by atoms with Gasteiger partial charge in [0.2, 0.25) is 5.91 Å². The highest BCUT2D eigenvalue weighted by Crippen LogP contribution is 2.32. The van der Waals surface area contributed by atoms with Crippen molar-refractivity contribution in [2.45, 2.75) is 0 Å². The third-order valence-corrected chi connectivity index (χ3v) is 5.63. The summed E-state index contributed by atoms with van der Waals surface area (Å²) in [6.45, 7) is -0.200. The Bertz CT molecular complexity index is 1160. The van der Waals surface area contributed by atoms with E-state index in [2.05, 4.69) is 10.3 Å². The third-order valence-electron chi connectivity index (χ3n) is 4.25. The van der Waals surface area contributed by atoms with Gasteiger partial charge in [0.05, 0.1) is 16.1 Å². The number of benzene rings is 2. The van der Waals surface area contributed by atoms with Gasteiger partial charge in [-0.05, 0) is 35.9 Å². The molecule has 0 aliphatic carbocycles. The van der Waals surface area contributed by atoms with E-state index in [0.717, 1.165) is 17.1 Å². The van der Waals surface area contributed by atoms with E-state index in [-0.39, 0.29) is 24.2 Å². The quantitative estimate of drug-likeness (QED) is 0.503. The summed E-state index contributed by atoms with van der Waals surface area (Å²) in [6.07, 6.45) is 3.28. The molecule has 1 saturated heterocycles. The monoisotopic (exact) mass is 423 g/mol. The van der Waals surface area contributed by atoms with Crippen LogP contribution in [0.2, 0.25) is 0 Å². The summed E-state index contributed by atoms with van der Waals surface area (Å²) in [5.74, 6) is -1.08. The van der Waals surface area contributed by atoms with Crippen LogP contribution in [0.4, 0.5) is 10.1 Å². The maximum absolute atomic E-state index is 13.1. The number of thioether (sulfide) groups is 1. The van der Waals surface area contributed by atoms with Gasteiger partial charge in [-0.2, -0.15) is 0 Å². The zero-order chi connectivity index (χ0) is 20.4. The smallest absolute Gasteiger partial charge is 0.266 e. The topological polar surface area (TPSA) is 62.3 Å². The number of thiocarbonyl (C=S) groups is 1. The van der Waals surface area contributed by atoms with E-state index in [9.17, 15) is 14.0 Å². The maximum atomic E-state index is 13.1. The summed E-state index contributed by atoms with van der Waals surface area (Å²) in [5.41, 5.74) is 1.92. The van der Waals surface area contributed by atoms with E-state index in [1.54, 1.807) is 30.5 Å². The number of anilines is 1. The van der Waals surface area contributed by atoms with Crippen molar-refractivity contribution in [2.24, 2.45) is 0 Å². The van der Waals surface area contributed by atoms with Gasteiger partial charge in [-0.3, -0.25) is 19.5 Å². The van der Waals surface area contributed by atoms with Crippen LogP contribution in [0.25, 0.3) is 17.0 Å². The first kappa shape index (κ1) is 19.2.